The van der Waals surface area contributed by atoms with Crippen molar-refractivity contribution in [2.45, 2.75) is 26.7 Å². The summed E-state index contributed by atoms with van der Waals surface area (Å²) in [6.45, 7) is 4.78. The molecule has 1 aromatic heterocycles. The first kappa shape index (κ1) is 17.1. The molecule has 0 aliphatic heterocycles. The zero-order chi connectivity index (χ0) is 16.8. The number of carbonyl (C=O) groups excluding carboxylic acids is 1. The average Bonchev–Trinajstić information content (AvgIpc) is 2.95. The zero-order valence-corrected chi connectivity index (χ0v) is 14.3. The van der Waals surface area contributed by atoms with Crippen LogP contribution in [-0.4, -0.2) is 31.7 Å². The minimum Gasteiger partial charge on any atom is -0.378 e. The van der Waals surface area contributed by atoms with Crippen molar-refractivity contribution in [1.82, 2.24) is 10.5 Å². The Morgan fingerprint density at radius 2 is 1.96 bits per heavy atom. The summed E-state index contributed by atoms with van der Waals surface area (Å²) in [5.41, 5.74) is 3.18. The molecule has 1 aromatic carbocycles. The van der Waals surface area contributed by atoms with E-state index >= 15 is 0 Å². The third-order valence-corrected chi connectivity index (χ3v) is 3.55. The lowest BCUT2D eigenvalue weighted by molar-refractivity contribution is 0.0917. The summed E-state index contributed by atoms with van der Waals surface area (Å²) in [4.78, 5) is 14.1. The highest BCUT2D eigenvalue weighted by molar-refractivity contribution is 5.91. The van der Waals surface area contributed by atoms with Crippen molar-refractivity contribution in [3.05, 3.63) is 47.3 Å². The van der Waals surface area contributed by atoms with E-state index in [9.17, 15) is 4.79 Å². The summed E-state index contributed by atoms with van der Waals surface area (Å²) in [5.74, 6) is 0.558. The fourth-order valence-corrected chi connectivity index (χ4v) is 2.30. The largest absolute Gasteiger partial charge is 0.378 e. The third kappa shape index (κ3) is 5.13. The van der Waals surface area contributed by atoms with Crippen LogP contribution in [0.15, 0.2) is 34.9 Å². The monoisotopic (exact) mass is 315 g/mol. The van der Waals surface area contributed by atoms with Gasteiger partial charge in [-0.1, -0.05) is 31.1 Å². The van der Waals surface area contributed by atoms with Crippen molar-refractivity contribution in [2.24, 2.45) is 5.92 Å². The fraction of sp³-hybridized carbons (Fsp3) is 0.444. The molecule has 5 nitrogen and oxygen atoms in total. The lowest BCUT2D eigenvalue weighted by Crippen LogP contribution is -2.25. The molecular formula is C18H25N3O2. The van der Waals surface area contributed by atoms with E-state index in [-0.39, 0.29) is 11.7 Å². The zero-order valence-electron chi connectivity index (χ0n) is 14.3. The standard InChI is InChI=1S/C18H25N3O2/c1-13(2)11-15-12-17(23-20-15)18(22)19-10-9-14-5-7-16(8-6-14)21(3)4/h5-8,12-13H,9-11H2,1-4H3,(H,19,22). The highest BCUT2D eigenvalue weighted by atomic mass is 16.5. The lowest BCUT2D eigenvalue weighted by Gasteiger charge is -2.12. The Bertz CT molecular complexity index is 630. The molecule has 0 bridgehead atoms. The fourth-order valence-electron chi connectivity index (χ4n) is 2.30. The number of carbonyl (C=O) groups is 1. The predicted molar refractivity (Wildman–Crippen MR) is 91.9 cm³/mol. The van der Waals surface area contributed by atoms with Crippen LogP contribution in [0, 0.1) is 5.92 Å². The average molecular weight is 315 g/mol. The van der Waals surface area contributed by atoms with Crippen LogP contribution in [-0.2, 0) is 12.8 Å². The maximum atomic E-state index is 12.0. The van der Waals surface area contributed by atoms with Crippen LogP contribution >= 0.6 is 0 Å². The summed E-state index contributed by atoms with van der Waals surface area (Å²) in [6, 6.07) is 10.0. The number of rotatable bonds is 7. The van der Waals surface area contributed by atoms with Crippen molar-refractivity contribution in [1.29, 1.82) is 0 Å². The second-order valence-corrected chi connectivity index (χ2v) is 6.35. The Kier molecular flexibility index (Phi) is 5.79. The lowest BCUT2D eigenvalue weighted by atomic mass is 10.1. The van der Waals surface area contributed by atoms with Gasteiger partial charge in [0.1, 0.15) is 0 Å². The molecule has 2 rings (SSSR count). The van der Waals surface area contributed by atoms with Gasteiger partial charge in [-0.3, -0.25) is 4.79 Å². The molecule has 1 heterocycles. The van der Waals surface area contributed by atoms with Gasteiger partial charge in [-0.05, 0) is 36.5 Å². The highest BCUT2D eigenvalue weighted by Gasteiger charge is 2.13. The molecule has 5 heteroatoms. The van der Waals surface area contributed by atoms with Gasteiger partial charge in [0.2, 0.25) is 5.76 Å². The van der Waals surface area contributed by atoms with Gasteiger partial charge in [-0.2, -0.15) is 0 Å². The van der Waals surface area contributed by atoms with Crippen molar-refractivity contribution in [3.63, 3.8) is 0 Å². The number of nitrogens with zero attached hydrogens (tertiary/aromatic N) is 2. The predicted octanol–water partition coefficient (Wildman–Crippen LogP) is 2.91. The van der Waals surface area contributed by atoms with Crippen LogP contribution in [0.25, 0.3) is 0 Å². The summed E-state index contributed by atoms with van der Waals surface area (Å²) in [7, 11) is 4.03. The number of hydrogen-bond acceptors (Lipinski definition) is 4. The Morgan fingerprint density at radius 1 is 1.26 bits per heavy atom. The Hall–Kier alpha value is -2.30. The van der Waals surface area contributed by atoms with Gasteiger partial charge in [-0.15, -0.1) is 0 Å². The molecular weight excluding hydrogens is 290 g/mol. The molecule has 0 atom stereocenters. The van der Waals surface area contributed by atoms with E-state index in [0.717, 1.165) is 24.2 Å². The molecule has 0 radical (unpaired) electrons. The summed E-state index contributed by atoms with van der Waals surface area (Å²) >= 11 is 0. The highest BCUT2D eigenvalue weighted by Crippen LogP contribution is 2.12. The minimum absolute atomic E-state index is 0.211. The summed E-state index contributed by atoms with van der Waals surface area (Å²) in [5, 5.41) is 6.80. The Labute approximate surface area is 137 Å². The quantitative estimate of drug-likeness (QED) is 0.853. The third-order valence-electron chi connectivity index (χ3n) is 3.55. The van der Waals surface area contributed by atoms with Gasteiger partial charge in [0.15, 0.2) is 0 Å². The second kappa shape index (κ2) is 7.81. The molecule has 23 heavy (non-hydrogen) atoms. The van der Waals surface area contributed by atoms with E-state index in [1.807, 2.05) is 14.1 Å². The van der Waals surface area contributed by atoms with Gasteiger partial charge in [0.25, 0.3) is 5.91 Å². The molecule has 0 aliphatic rings. The summed E-state index contributed by atoms with van der Waals surface area (Å²) in [6.07, 6.45) is 1.60. The number of amides is 1. The maximum absolute atomic E-state index is 12.0. The molecule has 124 valence electrons. The topological polar surface area (TPSA) is 58.4 Å². The molecule has 0 spiro atoms. The van der Waals surface area contributed by atoms with E-state index in [1.165, 1.54) is 5.56 Å². The van der Waals surface area contributed by atoms with Gasteiger partial charge < -0.3 is 14.7 Å². The van der Waals surface area contributed by atoms with Crippen molar-refractivity contribution in [3.8, 4) is 0 Å². The van der Waals surface area contributed by atoms with Crippen LogP contribution in [0.4, 0.5) is 5.69 Å². The van der Waals surface area contributed by atoms with Crippen LogP contribution < -0.4 is 10.2 Å². The number of benzene rings is 1. The molecule has 0 saturated heterocycles. The normalized spacial score (nSPS) is 10.8. The van der Waals surface area contributed by atoms with Crippen molar-refractivity contribution in [2.75, 3.05) is 25.5 Å². The molecule has 0 saturated carbocycles. The second-order valence-electron chi connectivity index (χ2n) is 6.35. The number of anilines is 1. The Morgan fingerprint density at radius 3 is 2.57 bits per heavy atom. The number of aromatic nitrogens is 1. The van der Waals surface area contributed by atoms with Crippen LogP contribution in [0.2, 0.25) is 0 Å². The van der Waals surface area contributed by atoms with Crippen molar-refractivity contribution < 1.29 is 9.32 Å². The van der Waals surface area contributed by atoms with Gasteiger partial charge >= 0.3 is 0 Å². The Balaban J connectivity index is 1.81. The summed E-state index contributed by atoms with van der Waals surface area (Å²) < 4.78 is 5.10. The van der Waals surface area contributed by atoms with Gasteiger partial charge in [0.05, 0.1) is 5.69 Å². The molecule has 0 aliphatic carbocycles. The molecule has 0 fully saturated rings. The van der Waals surface area contributed by atoms with Crippen molar-refractivity contribution >= 4 is 11.6 Å². The van der Waals surface area contributed by atoms with Gasteiger partial charge in [-0.25, -0.2) is 0 Å². The number of hydrogen-bond donors (Lipinski definition) is 1. The van der Waals surface area contributed by atoms with Crippen LogP contribution in [0.5, 0.6) is 0 Å². The van der Waals surface area contributed by atoms with Crippen LogP contribution in [0.3, 0.4) is 0 Å². The van der Waals surface area contributed by atoms with E-state index in [1.54, 1.807) is 6.07 Å². The van der Waals surface area contributed by atoms with E-state index < -0.39 is 0 Å². The maximum Gasteiger partial charge on any atom is 0.289 e. The van der Waals surface area contributed by atoms with E-state index in [4.69, 9.17) is 4.52 Å². The van der Waals surface area contributed by atoms with E-state index in [0.29, 0.717) is 12.5 Å². The number of nitrogens with one attached hydrogen (secondary N) is 1. The first-order chi connectivity index (χ1) is 11.0. The first-order valence-corrected chi connectivity index (χ1v) is 7.95. The van der Waals surface area contributed by atoms with E-state index in [2.05, 4.69) is 53.5 Å². The molecule has 2 aromatic rings. The first-order valence-electron chi connectivity index (χ1n) is 7.95. The molecule has 1 amide bonds. The smallest absolute Gasteiger partial charge is 0.289 e. The van der Waals surface area contributed by atoms with Crippen LogP contribution in [0.1, 0.15) is 35.7 Å². The molecule has 1 N–H and O–H groups in total. The van der Waals surface area contributed by atoms with Gasteiger partial charge in [0, 0.05) is 32.4 Å². The minimum atomic E-state index is -0.211. The SMILES string of the molecule is CC(C)Cc1cc(C(=O)NCCc2ccc(N(C)C)cc2)on1. The molecule has 0 unspecified atom stereocenters.